The fraction of sp³-hybridized carbons (Fsp3) is 0.682. The first-order valence-electron chi connectivity index (χ1n) is 10.2. The number of unbranched alkanes of at least 4 members (excludes halogenated alkanes) is 5. The predicted octanol–water partition coefficient (Wildman–Crippen LogP) is 4.13. The van der Waals surface area contributed by atoms with Gasteiger partial charge in [0.1, 0.15) is 0 Å². The lowest BCUT2D eigenvalue weighted by molar-refractivity contribution is -0.137. The normalized spacial score (nSPS) is 15.7. The number of aliphatic hydroxyl groups is 3. The first kappa shape index (κ1) is 25.6. The quantitative estimate of drug-likeness (QED) is 0.172. The Balaban J connectivity index is 3.77. The number of hydrogen-bond donors (Lipinski definition) is 4. The molecule has 0 saturated carbocycles. The number of hydrogen-bond acceptors (Lipinski definition) is 4. The van der Waals surface area contributed by atoms with Crippen LogP contribution < -0.4 is 0 Å². The molecule has 0 aliphatic rings. The van der Waals surface area contributed by atoms with E-state index < -0.39 is 24.3 Å². The molecule has 0 radical (unpaired) electrons. The zero-order chi connectivity index (χ0) is 20.3. The van der Waals surface area contributed by atoms with Crippen LogP contribution in [0.5, 0.6) is 0 Å². The summed E-state index contributed by atoms with van der Waals surface area (Å²) >= 11 is 0. The van der Waals surface area contributed by atoms with Crippen LogP contribution in [0.1, 0.15) is 77.6 Å². The van der Waals surface area contributed by atoms with Crippen molar-refractivity contribution >= 4 is 5.97 Å². The third kappa shape index (κ3) is 17.7. The van der Waals surface area contributed by atoms with Gasteiger partial charge in [-0.1, -0.05) is 69.1 Å². The predicted molar refractivity (Wildman–Crippen MR) is 110 cm³/mol. The maximum absolute atomic E-state index is 10.4. The molecule has 0 aliphatic carbocycles. The Bertz CT molecular complexity index is 442. The largest absolute Gasteiger partial charge is 0.481 e. The number of aliphatic hydroxyl groups excluding tert-OH is 3. The van der Waals surface area contributed by atoms with Crippen LogP contribution in [-0.2, 0) is 4.79 Å². The molecule has 27 heavy (non-hydrogen) atoms. The summed E-state index contributed by atoms with van der Waals surface area (Å²) in [4.78, 5) is 10.4. The molecule has 156 valence electrons. The maximum Gasteiger partial charge on any atom is 0.303 e. The molecule has 4 N–H and O–H groups in total. The summed E-state index contributed by atoms with van der Waals surface area (Å²) in [5.41, 5.74) is 0. The van der Waals surface area contributed by atoms with Crippen molar-refractivity contribution in [1.82, 2.24) is 0 Å². The Labute approximate surface area is 164 Å². The number of allylic oxidation sites excluding steroid dienone is 3. The van der Waals surface area contributed by atoms with Crippen LogP contribution in [0, 0.1) is 0 Å². The van der Waals surface area contributed by atoms with E-state index in [-0.39, 0.29) is 6.42 Å². The van der Waals surface area contributed by atoms with Crippen LogP contribution >= 0.6 is 0 Å². The van der Waals surface area contributed by atoms with Crippen LogP contribution in [-0.4, -0.2) is 44.7 Å². The number of aliphatic carboxylic acids is 1. The highest BCUT2D eigenvalue weighted by atomic mass is 16.4. The van der Waals surface area contributed by atoms with Crippen LogP contribution in [0.4, 0.5) is 0 Å². The molecule has 0 fully saturated rings. The third-order valence-electron chi connectivity index (χ3n) is 4.31. The first-order valence-corrected chi connectivity index (χ1v) is 10.2. The fourth-order valence-electron chi connectivity index (χ4n) is 2.59. The zero-order valence-electron chi connectivity index (χ0n) is 16.7. The first-order chi connectivity index (χ1) is 13.0. The van der Waals surface area contributed by atoms with Crippen molar-refractivity contribution in [1.29, 1.82) is 0 Å². The molecule has 0 heterocycles. The molecule has 0 amide bonds. The van der Waals surface area contributed by atoms with Crippen molar-refractivity contribution < 1.29 is 25.2 Å². The number of carboxylic acids is 1. The van der Waals surface area contributed by atoms with E-state index in [0.717, 1.165) is 38.5 Å². The molecule has 0 bridgehead atoms. The monoisotopic (exact) mass is 382 g/mol. The van der Waals surface area contributed by atoms with Gasteiger partial charge in [0.2, 0.25) is 0 Å². The van der Waals surface area contributed by atoms with E-state index in [9.17, 15) is 20.1 Å². The molecule has 5 heteroatoms. The molecule has 0 spiro atoms. The zero-order valence-corrected chi connectivity index (χ0v) is 16.7. The van der Waals surface area contributed by atoms with Gasteiger partial charge in [0.05, 0.1) is 18.3 Å². The lowest BCUT2D eigenvalue weighted by atomic mass is 10.0. The highest BCUT2D eigenvalue weighted by Gasteiger charge is 2.13. The van der Waals surface area contributed by atoms with Crippen LogP contribution in [0.15, 0.2) is 36.5 Å². The topological polar surface area (TPSA) is 98.0 Å². The Morgan fingerprint density at radius 2 is 1.63 bits per heavy atom. The minimum absolute atomic E-state index is 0.232. The minimum atomic E-state index is -0.743. The van der Waals surface area contributed by atoms with Crippen LogP contribution in [0.3, 0.4) is 0 Å². The van der Waals surface area contributed by atoms with Crippen molar-refractivity contribution in [2.75, 3.05) is 0 Å². The lowest BCUT2D eigenvalue weighted by Gasteiger charge is -2.15. The van der Waals surface area contributed by atoms with Crippen molar-refractivity contribution in [2.45, 2.75) is 95.9 Å². The molecule has 0 aromatic heterocycles. The van der Waals surface area contributed by atoms with E-state index >= 15 is 0 Å². The summed E-state index contributed by atoms with van der Waals surface area (Å²) in [7, 11) is 0. The average Bonchev–Trinajstić information content (AvgIpc) is 2.63. The Morgan fingerprint density at radius 1 is 0.852 bits per heavy atom. The van der Waals surface area contributed by atoms with E-state index in [1.165, 1.54) is 0 Å². The van der Waals surface area contributed by atoms with E-state index in [1.54, 1.807) is 24.3 Å². The smallest absolute Gasteiger partial charge is 0.303 e. The van der Waals surface area contributed by atoms with Gasteiger partial charge in [-0.3, -0.25) is 4.79 Å². The molecule has 3 unspecified atom stereocenters. The van der Waals surface area contributed by atoms with Crippen molar-refractivity contribution in [3.8, 4) is 0 Å². The van der Waals surface area contributed by atoms with Gasteiger partial charge in [-0.15, -0.1) is 0 Å². The molecule has 0 aromatic carbocycles. The molecular formula is C22H38O5. The highest BCUT2D eigenvalue weighted by molar-refractivity contribution is 5.66. The number of carboxylic acid groups (broad SMARTS) is 1. The second-order valence-electron chi connectivity index (χ2n) is 6.95. The molecule has 0 rings (SSSR count). The van der Waals surface area contributed by atoms with Gasteiger partial charge < -0.3 is 20.4 Å². The molecule has 3 atom stereocenters. The van der Waals surface area contributed by atoms with Crippen LogP contribution in [0.2, 0.25) is 0 Å². The summed E-state index contributed by atoms with van der Waals surface area (Å²) in [5.74, 6) is -0.743. The van der Waals surface area contributed by atoms with E-state index in [1.807, 2.05) is 12.2 Å². The summed E-state index contributed by atoms with van der Waals surface area (Å²) in [6.07, 6.45) is 17.4. The Morgan fingerprint density at radius 3 is 2.33 bits per heavy atom. The van der Waals surface area contributed by atoms with Gasteiger partial charge >= 0.3 is 5.97 Å². The van der Waals surface area contributed by atoms with E-state index in [4.69, 9.17) is 5.11 Å². The lowest BCUT2D eigenvalue weighted by Crippen LogP contribution is -2.25. The number of carbonyl (C=O) groups is 1. The molecular weight excluding hydrogens is 344 g/mol. The third-order valence-corrected chi connectivity index (χ3v) is 4.31. The van der Waals surface area contributed by atoms with Gasteiger partial charge in [0.15, 0.2) is 0 Å². The standard InChI is InChI=1S/C22H38O5/c1-2-3-9-16-20(24)21(25)17-12-8-11-15-19(23)14-10-6-4-5-7-13-18-22(26)27/h6,8,10-12,15,19-21,23-25H,2-5,7,9,13-14,16-18H2,1H3,(H,26,27)/b10-6-,12-8-,15-11+. The molecule has 5 nitrogen and oxygen atoms in total. The van der Waals surface area contributed by atoms with Gasteiger partial charge in [-0.25, -0.2) is 0 Å². The highest BCUT2D eigenvalue weighted by Crippen LogP contribution is 2.10. The van der Waals surface area contributed by atoms with Gasteiger partial charge in [-0.2, -0.15) is 0 Å². The molecule has 0 aliphatic heterocycles. The van der Waals surface area contributed by atoms with Gasteiger partial charge in [0.25, 0.3) is 0 Å². The van der Waals surface area contributed by atoms with E-state index in [2.05, 4.69) is 6.92 Å². The summed E-state index contributed by atoms with van der Waals surface area (Å²) < 4.78 is 0. The SMILES string of the molecule is CCCCCC(O)C(O)C/C=C\C=C\C(O)C/C=C\CCCCCC(=O)O. The second-order valence-corrected chi connectivity index (χ2v) is 6.95. The van der Waals surface area contributed by atoms with Crippen LogP contribution in [0.25, 0.3) is 0 Å². The van der Waals surface area contributed by atoms with Crippen molar-refractivity contribution in [3.63, 3.8) is 0 Å². The molecule has 0 aromatic rings. The Hall–Kier alpha value is -1.43. The maximum atomic E-state index is 10.4. The number of rotatable bonds is 17. The fourth-order valence-corrected chi connectivity index (χ4v) is 2.59. The average molecular weight is 383 g/mol. The van der Waals surface area contributed by atoms with Gasteiger partial charge in [-0.05, 0) is 38.5 Å². The van der Waals surface area contributed by atoms with Crippen molar-refractivity contribution in [3.05, 3.63) is 36.5 Å². The van der Waals surface area contributed by atoms with E-state index in [0.29, 0.717) is 25.7 Å². The summed E-state index contributed by atoms with van der Waals surface area (Å²) in [5, 5.41) is 38.1. The summed E-state index contributed by atoms with van der Waals surface area (Å²) in [6.45, 7) is 2.10. The summed E-state index contributed by atoms with van der Waals surface area (Å²) in [6, 6.07) is 0. The molecule has 0 saturated heterocycles. The Kier molecular flexibility index (Phi) is 17.0. The second kappa shape index (κ2) is 18.0. The minimum Gasteiger partial charge on any atom is -0.481 e. The van der Waals surface area contributed by atoms with Crippen molar-refractivity contribution in [2.24, 2.45) is 0 Å². The van der Waals surface area contributed by atoms with Gasteiger partial charge in [0, 0.05) is 6.42 Å².